The molecule has 0 saturated carbocycles. The first-order chi connectivity index (χ1) is 7.42. The number of anilines is 1. The molecule has 0 spiro atoms. The highest BCUT2D eigenvalue weighted by Gasteiger charge is 2.05. The number of hydrogen-bond acceptors (Lipinski definition) is 2. The topological polar surface area (TPSA) is 25.2 Å². The maximum atomic E-state index is 5.37. The van der Waals surface area contributed by atoms with Crippen molar-refractivity contribution in [2.45, 2.75) is 0 Å². The zero-order valence-corrected chi connectivity index (χ0v) is 8.44. The summed E-state index contributed by atoms with van der Waals surface area (Å²) >= 11 is 0. The number of furan rings is 1. The summed E-state index contributed by atoms with van der Waals surface area (Å²) in [6.45, 7) is 4.43. The van der Waals surface area contributed by atoms with Gasteiger partial charge >= 0.3 is 0 Å². The quantitative estimate of drug-likeness (QED) is 0.762. The van der Waals surface area contributed by atoms with Crippen LogP contribution in [0.1, 0.15) is 0 Å². The standard InChI is InChI=1S/C13H13NO/c1-2-9-14-12-7-4-3-6-11(12)13-8-5-10-15-13/h2-8,10,14H,1,9H2. The molecule has 0 aliphatic carbocycles. The molecule has 0 aliphatic rings. The van der Waals surface area contributed by atoms with E-state index in [1.807, 2.05) is 42.5 Å². The van der Waals surface area contributed by atoms with Crippen LogP contribution in [0.4, 0.5) is 5.69 Å². The van der Waals surface area contributed by atoms with Crippen LogP contribution >= 0.6 is 0 Å². The maximum Gasteiger partial charge on any atom is 0.135 e. The van der Waals surface area contributed by atoms with Gasteiger partial charge in [0.2, 0.25) is 0 Å². The number of para-hydroxylation sites is 1. The van der Waals surface area contributed by atoms with Crippen molar-refractivity contribution in [3.05, 3.63) is 55.3 Å². The van der Waals surface area contributed by atoms with Crippen molar-refractivity contribution < 1.29 is 4.42 Å². The third-order valence-corrected chi connectivity index (χ3v) is 2.15. The highest BCUT2D eigenvalue weighted by Crippen LogP contribution is 2.27. The monoisotopic (exact) mass is 199 g/mol. The fraction of sp³-hybridized carbons (Fsp3) is 0.0769. The largest absolute Gasteiger partial charge is 0.464 e. The molecule has 1 aromatic carbocycles. The van der Waals surface area contributed by atoms with Crippen LogP contribution in [-0.4, -0.2) is 6.54 Å². The third kappa shape index (κ3) is 2.10. The number of rotatable bonds is 4. The van der Waals surface area contributed by atoms with E-state index in [4.69, 9.17) is 4.42 Å². The second kappa shape index (κ2) is 4.51. The Labute approximate surface area is 89.2 Å². The summed E-state index contributed by atoms with van der Waals surface area (Å²) in [5, 5.41) is 3.27. The molecule has 0 saturated heterocycles. The summed E-state index contributed by atoms with van der Waals surface area (Å²) < 4.78 is 5.37. The minimum absolute atomic E-state index is 0.748. The lowest BCUT2D eigenvalue weighted by molar-refractivity contribution is 0.582. The van der Waals surface area contributed by atoms with Crippen molar-refractivity contribution in [3.8, 4) is 11.3 Å². The van der Waals surface area contributed by atoms with Gasteiger partial charge in [-0.25, -0.2) is 0 Å². The van der Waals surface area contributed by atoms with E-state index >= 15 is 0 Å². The summed E-state index contributed by atoms with van der Waals surface area (Å²) in [6, 6.07) is 11.9. The Morgan fingerprint density at radius 1 is 1.20 bits per heavy atom. The molecule has 15 heavy (non-hydrogen) atoms. The average molecular weight is 199 g/mol. The highest BCUT2D eigenvalue weighted by atomic mass is 16.3. The van der Waals surface area contributed by atoms with Gasteiger partial charge in [0.05, 0.1) is 6.26 Å². The van der Waals surface area contributed by atoms with Crippen LogP contribution in [0.3, 0.4) is 0 Å². The number of benzene rings is 1. The van der Waals surface area contributed by atoms with Crippen LogP contribution in [0.2, 0.25) is 0 Å². The SMILES string of the molecule is C=CCNc1ccccc1-c1ccco1. The first kappa shape index (κ1) is 9.59. The van der Waals surface area contributed by atoms with Gasteiger partial charge in [0.25, 0.3) is 0 Å². The predicted octanol–water partition coefficient (Wildman–Crippen LogP) is 3.54. The van der Waals surface area contributed by atoms with E-state index in [2.05, 4.69) is 11.9 Å². The molecule has 76 valence electrons. The van der Waals surface area contributed by atoms with Crippen molar-refractivity contribution >= 4 is 5.69 Å². The van der Waals surface area contributed by atoms with Crippen molar-refractivity contribution in [1.82, 2.24) is 0 Å². The van der Waals surface area contributed by atoms with Crippen molar-refractivity contribution in [2.75, 3.05) is 11.9 Å². The zero-order valence-electron chi connectivity index (χ0n) is 8.44. The van der Waals surface area contributed by atoms with Gasteiger partial charge in [-0.15, -0.1) is 6.58 Å². The van der Waals surface area contributed by atoms with E-state index in [9.17, 15) is 0 Å². The summed E-state index contributed by atoms with van der Waals surface area (Å²) in [4.78, 5) is 0. The molecule has 0 atom stereocenters. The van der Waals surface area contributed by atoms with Gasteiger partial charge in [-0.05, 0) is 24.3 Å². The molecule has 1 N–H and O–H groups in total. The van der Waals surface area contributed by atoms with Crippen LogP contribution in [0.15, 0.2) is 59.7 Å². The Morgan fingerprint density at radius 3 is 2.80 bits per heavy atom. The lowest BCUT2D eigenvalue weighted by Gasteiger charge is -2.08. The van der Waals surface area contributed by atoms with Gasteiger partial charge in [0, 0.05) is 17.8 Å². The average Bonchev–Trinajstić information content (AvgIpc) is 2.80. The van der Waals surface area contributed by atoms with E-state index < -0.39 is 0 Å². The smallest absolute Gasteiger partial charge is 0.135 e. The Kier molecular flexibility index (Phi) is 2.88. The molecule has 0 fully saturated rings. The Hall–Kier alpha value is -1.96. The molecule has 2 rings (SSSR count). The van der Waals surface area contributed by atoms with E-state index in [1.165, 1.54) is 0 Å². The lowest BCUT2D eigenvalue weighted by Crippen LogP contribution is -1.98. The second-order valence-electron chi connectivity index (χ2n) is 3.19. The molecule has 1 heterocycles. The first-order valence-corrected chi connectivity index (χ1v) is 4.89. The van der Waals surface area contributed by atoms with Crippen molar-refractivity contribution in [1.29, 1.82) is 0 Å². The predicted molar refractivity (Wildman–Crippen MR) is 62.8 cm³/mol. The molecule has 0 aliphatic heterocycles. The summed E-state index contributed by atoms with van der Waals surface area (Å²) in [5.74, 6) is 0.877. The second-order valence-corrected chi connectivity index (χ2v) is 3.19. The van der Waals surface area contributed by atoms with E-state index in [0.717, 1.165) is 23.6 Å². The van der Waals surface area contributed by atoms with Crippen LogP contribution in [-0.2, 0) is 0 Å². The molecular formula is C13H13NO. The van der Waals surface area contributed by atoms with Gasteiger partial charge in [-0.3, -0.25) is 0 Å². The number of hydrogen-bond donors (Lipinski definition) is 1. The van der Waals surface area contributed by atoms with Crippen LogP contribution in [0.25, 0.3) is 11.3 Å². The molecule has 2 aromatic rings. The molecule has 0 unspecified atom stereocenters. The van der Waals surface area contributed by atoms with Gasteiger partial charge in [0.15, 0.2) is 0 Å². The lowest BCUT2D eigenvalue weighted by atomic mass is 10.1. The molecular weight excluding hydrogens is 186 g/mol. The minimum Gasteiger partial charge on any atom is -0.464 e. The van der Waals surface area contributed by atoms with Gasteiger partial charge in [-0.2, -0.15) is 0 Å². The van der Waals surface area contributed by atoms with E-state index in [-0.39, 0.29) is 0 Å². The van der Waals surface area contributed by atoms with Crippen molar-refractivity contribution in [2.24, 2.45) is 0 Å². The summed E-state index contributed by atoms with van der Waals surface area (Å²) in [6.07, 6.45) is 3.51. The third-order valence-electron chi connectivity index (χ3n) is 2.15. The number of nitrogens with one attached hydrogen (secondary N) is 1. The van der Waals surface area contributed by atoms with Gasteiger partial charge in [-0.1, -0.05) is 18.2 Å². The summed E-state index contributed by atoms with van der Waals surface area (Å²) in [7, 11) is 0. The molecule has 2 heteroatoms. The molecule has 0 radical (unpaired) electrons. The normalized spacial score (nSPS) is 9.87. The summed E-state index contributed by atoms with van der Waals surface area (Å²) in [5.41, 5.74) is 2.14. The molecule has 0 bridgehead atoms. The molecule has 0 amide bonds. The van der Waals surface area contributed by atoms with Crippen molar-refractivity contribution in [3.63, 3.8) is 0 Å². The Morgan fingerprint density at radius 2 is 2.07 bits per heavy atom. The fourth-order valence-electron chi connectivity index (χ4n) is 1.47. The van der Waals surface area contributed by atoms with E-state index in [0.29, 0.717) is 0 Å². The molecule has 1 aromatic heterocycles. The Balaban J connectivity index is 2.34. The van der Waals surface area contributed by atoms with Crippen LogP contribution in [0.5, 0.6) is 0 Å². The first-order valence-electron chi connectivity index (χ1n) is 4.89. The van der Waals surface area contributed by atoms with Crippen LogP contribution in [0, 0.1) is 0 Å². The maximum absolute atomic E-state index is 5.37. The van der Waals surface area contributed by atoms with E-state index in [1.54, 1.807) is 6.26 Å². The minimum atomic E-state index is 0.748. The van der Waals surface area contributed by atoms with Gasteiger partial charge in [0.1, 0.15) is 5.76 Å². The fourth-order valence-corrected chi connectivity index (χ4v) is 1.47. The Bertz CT molecular complexity index is 432. The molecule has 2 nitrogen and oxygen atoms in total. The van der Waals surface area contributed by atoms with Crippen LogP contribution < -0.4 is 5.32 Å². The van der Waals surface area contributed by atoms with Gasteiger partial charge < -0.3 is 9.73 Å². The highest BCUT2D eigenvalue weighted by molar-refractivity contribution is 5.74. The zero-order chi connectivity index (χ0) is 10.5.